The van der Waals surface area contributed by atoms with Crippen LogP contribution < -0.4 is 4.74 Å². The molecule has 0 aliphatic rings. The van der Waals surface area contributed by atoms with E-state index in [0.29, 0.717) is 0 Å². The molecule has 0 saturated heterocycles. The molecule has 0 aliphatic carbocycles. The number of carbonyl (C=O) groups excluding carboxylic acids is 1. The van der Waals surface area contributed by atoms with E-state index in [-0.39, 0.29) is 12.4 Å². The molecule has 0 radical (unpaired) electrons. The fraction of sp³-hybridized carbons (Fsp3) is 0.333. The smallest absolute Gasteiger partial charge is 0.403 e. The normalized spacial score (nSPS) is 12.4. The largest absolute Gasteiger partial charge is 0.573 e. The van der Waals surface area contributed by atoms with Crippen molar-refractivity contribution in [2.75, 3.05) is 0 Å². The first-order valence-corrected chi connectivity index (χ1v) is 5.00. The van der Waals surface area contributed by atoms with E-state index in [1.54, 1.807) is 0 Å². The van der Waals surface area contributed by atoms with Gasteiger partial charge in [-0.2, -0.15) is 13.2 Å². The standard InChI is InChI=1S/C9H4ClF6NO2/c10-2-5-4(8(11,12)13)1-7(6(3-18)17-5)19-9(14,15)16/h1,3H,2H2. The van der Waals surface area contributed by atoms with Crippen molar-refractivity contribution in [1.29, 1.82) is 0 Å². The number of nitrogens with zero attached hydrogens (tertiary/aromatic N) is 1. The molecular formula is C9H4ClF6NO2. The molecule has 3 nitrogen and oxygen atoms in total. The highest BCUT2D eigenvalue weighted by Crippen LogP contribution is 2.36. The molecule has 0 aliphatic heterocycles. The van der Waals surface area contributed by atoms with Crippen LogP contribution in [0.3, 0.4) is 0 Å². The molecule has 10 heteroatoms. The summed E-state index contributed by atoms with van der Waals surface area (Å²) in [4.78, 5) is 13.6. The third-order valence-corrected chi connectivity index (χ3v) is 2.12. The first-order chi connectivity index (χ1) is 8.58. The lowest BCUT2D eigenvalue weighted by Gasteiger charge is -2.15. The Bertz CT molecular complexity index is 485. The van der Waals surface area contributed by atoms with E-state index in [0.717, 1.165) is 0 Å². The molecule has 0 amide bonds. The van der Waals surface area contributed by atoms with E-state index in [1.165, 1.54) is 0 Å². The maximum atomic E-state index is 12.6. The van der Waals surface area contributed by atoms with Gasteiger partial charge in [0.1, 0.15) is 5.69 Å². The van der Waals surface area contributed by atoms with Crippen LogP contribution >= 0.6 is 11.6 Å². The van der Waals surface area contributed by atoms with Crippen LogP contribution in [0, 0.1) is 0 Å². The van der Waals surface area contributed by atoms with Gasteiger partial charge in [-0.25, -0.2) is 4.98 Å². The second kappa shape index (κ2) is 5.24. The van der Waals surface area contributed by atoms with Crippen molar-refractivity contribution >= 4 is 17.9 Å². The monoisotopic (exact) mass is 307 g/mol. The van der Waals surface area contributed by atoms with Crippen molar-refractivity contribution in [1.82, 2.24) is 4.98 Å². The molecule has 0 aromatic carbocycles. The van der Waals surface area contributed by atoms with Gasteiger partial charge in [-0.1, -0.05) is 0 Å². The van der Waals surface area contributed by atoms with Crippen molar-refractivity contribution in [3.05, 3.63) is 23.0 Å². The highest BCUT2D eigenvalue weighted by Gasteiger charge is 2.38. The number of alkyl halides is 7. The summed E-state index contributed by atoms with van der Waals surface area (Å²) in [5.41, 5.74) is -3.17. The third-order valence-electron chi connectivity index (χ3n) is 1.86. The lowest BCUT2D eigenvalue weighted by molar-refractivity contribution is -0.275. The van der Waals surface area contributed by atoms with Crippen molar-refractivity contribution in [3.63, 3.8) is 0 Å². The average molecular weight is 308 g/mol. The van der Waals surface area contributed by atoms with Gasteiger partial charge in [-0.15, -0.1) is 24.8 Å². The van der Waals surface area contributed by atoms with Gasteiger partial charge >= 0.3 is 12.5 Å². The van der Waals surface area contributed by atoms with Crippen LogP contribution in [0.5, 0.6) is 5.75 Å². The van der Waals surface area contributed by atoms with E-state index in [1.807, 2.05) is 0 Å². The number of pyridine rings is 1. The summed E-state index contributed by atoms with van der Waals surface area (Å²) in [7, 11) is 0. The molecule has 0 atom stereocenters. The molecule has 1 rings (SSSR count). The van der Waals surface area contributed by atoms with E-state index in [4.69, 9.17) is 11.6 Å². The summed E-state index contributed by atoms with van der Waals surface area (Å²) < 4.78 is 77.0. The molecule has 0 unspecified atom stereocenters. The fourth-order valence-electron chi connectivity index (χ4n) is 1.19. The van der Waals surface area contributed by atoms with E-state index in [9.17, 15) is 31.1 Å². The molecule has 0 saturated carbocycles. The topological polar surface area (TPSA) is 39.2 Å². The van der Waals surface area contributed by atoms with Gasteiger partial charge < -0.3 is 4.74 Å². The third kappa shape index (κ3) is 3.98. The Labute approximate surface area is 107 Å². The van der Waals surface area contributed by atoms with Crippen LogP contribution in [0.2, 0.25) is 0 Å². The van der Waals surface area contributed by atoms with Gasteiger partial charge in [0.2, 0.25) is 0 Å². The Hall–Kier alpha value is -1.51. The number of rotatable bonds is 3. The van der Waals surface area contributed by atoms with Crippen LogP contribution in [0.15, 0.2) is 6.07 Å². The quantitative estimate of drug-likeness (QED) is 0.487. The summed E-state index contributed by atoms with van der Waals surface area (Å²) in [6.07, 6.45) is -10.4. The second-order valence-corrected chi connectivity index (χ2v) is 3.43. The van der Waals surface area contributed by atoms with Crippen LogP contribution in [-0.4, -0.2) is 17.6 Å². The Morgan fingerprint density at radius 1 is 1.26 bits per heavy atom. The SMILES string of the molecule is O=Cc1nc(CCl)c(C(F)(F)F)cc1OC(F)(F)F. The van der Waals surface area contributed by atoms with Gasteiger partial charge in [-0.3, -0.25) is 4.79 Å². The zero-order valence-corrected chi connectivity index (χ0v) is 9.53. The summed E-state index contributed by atoms with van der Waals surface area (Å²) >= 11 is 5.21. The molecule has 0 fully saturated rings. The van der Waals surface area contributed by atoms with Crippen LogP contribution in [-0.2, 0) is 12.1 Å². The molecule has 0 N–H and O–H groups in total. The Balaban J connectivity index is 3.42. The molecule has 1 heterocycles. The van der Waals surface area contributed by atoms with Crippen molar-refractivity contribution < 1.29 is 35.9 Å². The van der Waals surface area contributed by atoms with Gasteiger partial charge in [0.25, 0.3) is 0 Å². The number of aldehydes is 1. The number of hydrogen-bond donors (Lipinski definition) is 0. The average Bonchev–Trinajstić information content (AvgIpc) is 2.25. The summed E-state index contributed by atoms with van der Waals surface area (Å²) in [6.45, 7) is 0. The Morgan fingerprint density at radius 2 is 1.84 bits per heavy atom. The van der Waals surface area contributed by atoms with Gasteiger partial charge in [0.05, 0.1) is 17.1 Å². The Kier molecular flexibility index (Phi) is 4.28. The molecule has 0 bridgehead atoms. The Morgan fingerprint density at radius 3 is 2.21 bits per heavy atom. The highest BCUT2D eigenvalue weighted by atomic mass is 35.5. The lowest BCUT2D eigenvalue weighted by atomic mass is 10.1. The molecule has 0 spiro atoms. The number of carbonyl (C=O) groups is 1. The molecule has 1 aromatic rings. The summed E-state index contributed by atoms with van der Waals surface area (Å²) in [5.74, 6) is -2.05. The van der Waals surface area contributed by atoms with E-state index >= 15 is 0 Å². The minimum Gasteiger partial charge on any atom is -0.403 e. The minimum atomic E-state index is -5.25. The lowest BCUT2D eigenvalue weighted by Crippen LogP contribution is -2.20. The summed E-state index contributed by atoms with van der Waals surface area (Å²) in [6, 6.07) is 0.0436. The molecular weight excluding hydrogens is 304 g/mol. The fourth-order valence-corrected chi connectivity index (χ4v) is 1.39. The molecule has 1 aromatic heterocycles. The second-order valence-electron chi connectivity index (χ2n) is 3.16. The predicted molar refractivity (Wildman–Crippen MR) is 50.9 cm³/mol. The maximum absolute atomic E-state index is 12.6. The zero-order chi connectivity index (χ0) is 14.8. The van der Waals surface area contributed by atoms with Gasteiger partial charge in [-0.05, 0) is 6.07 Å². The zero-order valence-electron chi connectivity index (χ0n) is 8.77. The van der Waals surface area contributed by atoms with Gasteiger partial charge in [0.15, 0.2) is 12.0 Å². The van der Waals surface area contributed by atoms with Crippen LogP contribution in [0.1, 0.15) is 21.7 Å². The van der Waals surface area contributed by atoms with Crippen LogP contribution in [0.4, 0.5) is 26.3 Å². The van der Waals surface area contributed by atoms with Crippen LogP contribution in [0.25, 0.3) is 0 Å². The molecule has 19 heavy (non-hydrogen) atoms. The first-order valence-electron chi connectivity index (χ1n) is 4.46. The van der Waals surface area contributed by atoms with Crippen molar-refractivity contribution in [3.8, 4) is 5.75 Å². The van der Waals surface area contributed by atoms with E-state index < -0.39 is 41.1 Å². The maximum Gasteiger partial charge on any atom is 0.573 e. The van der Waals surface area contributed by atoms with Crippen molar-refractivity contribution in [2.45, 2.75) is 18.4 Å². The first kappa shape index (κ1) is 15.5. The van der Waals surface area contributed by atoms with E-state index in [2.05, 4.69) is 9.72 Å². The number of ether oxygens (including phenoxy) is 1. The predicted octanol–water partition coefficient (Wildman–Crippen LogP) is 3.55. The summed E-state index contributed by atoms with van der Waals surface area (Å²) in [5, 5.41) is 0. The number of halogens is 7. The minimum absolute atomic E-state index is 0.0436. The van der Waals surface area contributed by atoms with Crippen molar-refractivity contribution in [2.24, 2.45) is 0 Å². The number of hydrogen-bond acceptors (Lipinski definition) is 3. The molecule has 106 valence electrons. The highest BCUT2D eigenvalue weighted by molar-refractivity contribution is 6.17. The number of aromatic nitrogens is 1. The van der Waals surface area contributed by atoms with Gasteiger partial charge in [0, 0.05) is 0 Å².